The summed E-state index contributed by atoms with van der Waals surface area (Å²) in [5.41, 5.74) is 3.61. The summed E-state index contributed by atoms with van der Waals surface area (Å²) in [5.74, 6) is 0.0703. The maximum Gasteiger partial charge on any atom is 0.268 e. The summed E-state index contributed by atoms with van der Waals surface area (Å²) in [6.45, 7) is 1.94. The number of benzene rings is 1. The van der Waals surface area contributed by atoms with Crippen molar-refractivity contribution in [2.75, 3.05) is 5.32 Å². The second-order valence-corrected chi connectivity index (χ2v) is 7.77. The zero-order valence-corrected chi connectivity index (χ0v) is 16.3. The topological polar surface area (TPSA) is 84.0 Å². The Morgan fingerprint density at radius 1 is 1.14 bits per heavy atom. The van der Waals surface area contributed by atoms with Crippen LogP contribution in [0.4, 0.5) is 5.95 Å². The van der Waals surface area contributed by atoms with Crippen LogP contribution in [0.25, 0.3) is 0 Å². The van der Waals surface area contributed by atoms with E-state index in [1.165, 1.54) is 11.3 Å². The van der Waals surface area contributed by atoms with Crippen LogP contribution in [-0.4, -0.2) is 27.8 Å². The second-order valence-electron chi connectivity index (χ2n) is 6.83. The lowest BCUT2D eigenvalue weighted by Crippen LogP contribution is -2.39. The van der Waals surface area contributed by atoms with Crippen LogP contribution in [0.15, 0.2) is 48.0 Å². The lowest BCUT2D eigenvalue weighted by atomic mass is 9.92. The van der Waals surface area contributed by atoms with Crippen LogP contribution in [-0.2, 0) is 12.8 Å². The van der Waals surface area contributed by atoms with Gasteiger partial charge in [-0.1, -0.05) is 24.3 Å². The zero-order valence-electron chi connectivity index (χ0n) is 15.4. The van der Waals surface area contributed by atoms with E-state index >= 15 is 0 Å². The van der Waals surface area contributed by atoms with Gasteiger partial charge in [-0.05, 0) is 54.8 Å². The van der Waals surface area contributed by atoms with Gasteiger partial charge in [0.25, 0.3) is 11.8 Å². The van der Waals surface area contributed by atoms with E-state index in [-0.39, 0.29) is 17.9 Å². The Balaban J connectivity index is 1.41. The van der Waals surface area contributed by atoms with Crippen LogP contribution in [0.5, 0.6) is 0 Å². The molecule has 2 amide bonds. The van der Waals surface area contributed by atoms with Crippen molar-refractivity contribution in [2.45, 2.75) is 32.2 Å². The van der Waals surface area contributed by atoms with E-state index in [9.17, 15) is 9.59 Å². The molecule has 3 aromatic rings. The number of hydrogen-bond donors (Lipinski definition) is 2. The van der Waals surface area contributed by atoms with Crippen molar-refractivity contribution >= 4 is 29.1 Å². The van der Waals surface area contributed by atoms with Crippen molar-refractivity contribution in [3.8, 4) is 0 Å². The van der Waals surface area contributed by atoms with Gasteiger partial charge in [0.15, 0.2) is 0 Å². The predicted molar refractivity (Wildman–Crippen MR) is 109 cm³/mol. The first-order valence-corrected chi connectivity index (χ1v) is 10.0. The molecule has 0 bridgehead atoms. The molecule has 0 saturated carbocycles. The maximum absolute atomic E-state index is 12.5. The Kier molecular flexibility index (Phi) is 5.16. The highest BCUT2D eigenvalue weighted by Gasteiger charge is 2.23. The molecule has 1 unspecified atom stereocenters. The molecule has 0 radical (unpaired) electrons. The smallest absolute Gasteiger partial charge is 0.268 e. The number of hydrogen-bond acceptors (Lipinski definition) is 5. The first-order chi connectivity index (χ1) is 13.6. The van der Waals surface area contributed by atoms with Gasteiger partial charge in [-0.2, -0.15) is 0 Å². The van der Waals surface area contributed by atoms with Gasteiger partial charge in [-0.25, -0.2) is 9.97 Å². The fourth-order valence-corrected chi connectivity index (χ4v) is 3.97. The third-order valence-electron chi connectivity index (χ3n) is 4.85. The molecule has 1 atom stereocenters. The number of anilines is 1. The lowest BCUT2D eigenvalue weighted by molar-refractivity contribution is 0.0932. The Morgan fingerprint density at radius 2 is 2.00 bits per heavy atom. The number of carbonyl (C=O) groups is 2. The Labute approximate surface area is 167 Å². The monoisotopic (exact) mass is 392 g/mol. The minimum absolute atomic E-state index is 0.0488. The van der Waals surface area contributed by atoms with Gasteiger partial charge >= 0.3 is 0 Å². The molecule has 28 heavy (non-hydrogen) atoms. The molecule has 1 aliphatic rings. The zero-order chi connectivity index (χ0) is 19.5. The van der Waals surface area contributed by atoms with Crippen molar-refractivity contribution < 1.29 is 9.59 Å². The van der Waals surface area contributed by atoms with Gasteiger partial charge in [-0.15, -0.1) is 11.3 Å². The molecular weight excluding hydrogens is 372 g/mol. The molecule has 6 nitrogen and oxygen atoms in total. The number of aromatic nitrogens is 2. The first-order valence-electron chi connectivity index (χ1n) is 9.16. The standard InChI is InChI=1S/C21H20N4O2S/c1-13-5-2-3-6-16(13)19(26)23-15-8-9-17-14(11-15)12-22-21(24-17)25-20(27)18-7-4-10-28-18/h2-7,10,12,15H,8-9,11H2,1H3,(H,23,26)(H,22,24,25,27). The van der Waals surface area contributed by atoms with Gasteiger partial charge in [0, 0.05) is 23.5 Å². The fraction of sp³-hybridized carbons (Fsp3) is 0.238. The Hall–Kier alpha value is -3.06. The molecular formula is C21H20N4O2S. The molecule has 0 aliphatic heterocycles. The highest BCUT2D eigenvalue weighted by molar-refractivity contribution is 7.12. The molecule has 0 fully saturated rings. The molecule has 7 heteroatoms. The number of fused-ring (bicyclic) bond motifs is 1. The van der Waals surface area contributed by atoms with Crippen molar-refractivity contribution in [1.82, 2.24) is 15.3 Å². The average molecular weight is 392 g/mol. The summed E-state index contributed by atoms with van der Waals surface area (Å²) in [4.78, 5) is 34.1. The number of amides is 2. The molecule has 2 heterocycles. The maximum atomic E-state index is 12.5. The molecule has 0 spiro atoms. The summed E-state index contributed by atoms with van der Waals surface area (Å²) < 4.78 is 0. The van der Waals surface area contributed by atoms with E-state index in [4.69, 9.17) is 0 Å². The van der Waals surface area contributed by atoms with Crippen molar-refractivity contribution in [3.63, 3.8) is 0 Å². The largest absolute Gasteiger partial charge is 0.349 e. The van der Waals surface area contributed by atoms with Gasteiger partial charge in [-0.3, -0.25) is 14.9 Å². The number of rotatable bonds is 4. The van der Waals surface area contributed by atoms with Gasteiger partial charge in [0.05, 0.1) is 4.88 Å². The lowest BCUT2D eigenvalue weighted by Gasteiger charge is -2.25. The summed E-state index contributed by atoms with van der Waals surface area (Å²) in [7, 11) is 0. The number of thiophene rings is 1. The number of nitrogens with one attached hydrogen (secondary N) is 2. The fourth-order valence-electron chi connectivity index (χ4n) is 3.35. The van der Waals surface area contributed by atoms with E-state index in [0.29, 0.717) is 22.8 Å². The van der Waals surface area contributed by atoms with Gasteiger partial charge in [0.1, 0.15) is 0 Å². The molecule has 2 N–H and O–H groups in total. The molecule has 4 rings (SSSR count). The van der Waals surface area contributed by atoms with E-state index in [0.717, 1.165) is 29.7 Å². The van der Waals surface area contributed by atoms with Crippen molar-refractivity contribution in [2.24, 2.45) is 0 Å². The quantitative estimate of drug-likeness (QED) is 0.713. The van der Waals surface area contributed by atoms with E-state index < -0.39 is 0 Å². The molecule has 0 saturated heterocycles. The minimum atomic E-state index is -0.200. The highest BCUT2D eigenvalue weighted by Crippen LogP contribution is 2.21. The molecule has 1 aromatic carbocycles. The van der Waals surface area contributed by atoms with Crippen LogP contribution in [0.3, 0.4) is 0 Å². The average Bonchev–Trinajstić information content (AvgIpc) is 3.23. The van der Waals surface area contributed by atoms with Crippen LogP contribution < -0.4 is 10.6 Å². The third-order valence-corrected chi connectivity index (χ3v) is 5.71. The number of carbonyl (C=O) groups excluding carboxylic acids is 2. The predicted octanol–water partition coefficient (Wildman–Crippen LogP) is 3.39. The normalized spacial score (nSPS) is 15.5. The summed E-state index contributed by atoms with van der Waals surface area (Å²) >= 11 is 1.38. The Morgan fingerprint density at radius 3 is 2.79 bits per heavy atom. The van der Waals surface area contributed by atoms with E-state index in [2.05, 4.69) is 20.6 Å². The number of aryl methyl sites for hydroxylation is 2. The van der Waals surface area contributed by atoms with Gasteiger partial charge in [0.2, 0.25) is 5.95 Å². The molecule has 1 aliphatic carbocycles. The van der Waals surface area contributed by atoms with Crippen molar-refractivity contribution in [1.29, 1.82) is 0 Å². The van der Waals surface area contributed by atoms with Crippen LogP contribution in [0, 0.1) is 6.92 Å². The van der Waals surface area contributed by atoms with E-state index in [1.54, 1.807) is 12.3 Å². The van der Waals surface area contributed by atoms with Crippen LogP contribution in [0.1, 0.15) is 43.3 Å². The first kappa shape index (κ1) is 18.3. The molecule has 2 aromatic heterocycles. The highest BCUT2D eigenvalue weighted by atomic mass is 32.1. The van der Waals surface area contributed by atoms with Gasteiger partial charge < -0.3 is 5.32 Å². The van der Waals surface area contributed by atoms with E-state index in [1.807, 2.05) is 42.6 Å². The summed E-state index contributed by atoms with van der Waals surface area (Å²) in [6, 6.07) is 11.2. The van der Waals surface area contributed by atoms with Crippen molar-refractivity contribution in [3.05, 3.63) is 75.2 Å². The summed E-state index contributed by atoms with van der Waals surface area (Å²) in [6.07, 6.45) is 3.98. The third kappa shape index (κ3) is 3.94. The second kappa shape index (κ2) is 7.90. The molecule has 142 valence electrons. The summed E-state index contributed by atoms with van der Waals surface area (Å²) in [5, 5.41) is 7.72. The minimum Gasteiger partial charge on any atom is -0.349 e. The Bertz CT molecular complexity index is 1020. The SMILES string of the molecule is Cc1ccccc1C(=O)NC1CCc2nc(NC(=O)c3cccs3)ncc2C1. The van der Waals surface area contributed by atoms with Crippen LogP contribution in [0.2, 0.25) is 0 Å². The number of nitrogens with zero attached hydrogens (tertiary/aromatic N) is 2. The van der Waals surface area contributed by atoms with Crippen LogP contribution >= 0.6 is 11.3 Å².